The van der Waals surface area contributed by atoms with E-state index in [0.717, 1.165) is 11.1 Å². The van der Waals surface area contributed by atoms with Gasteiger partial charge in [0.15, 0.2) is 0 Å². The summed E-state index contributed by atoms with van der Waals surface area (Å²) in [5.74, 6) is -0.0260. The van der Waals surface area contributed by atoms with Gasteiger partial charge in [0.1, 0.15) is 11.4 Å². The van der Waals surface area contributed by atoms with Crippen molar-refractivity contribution in [2.75, 3.05) is 27.4 Å². The Kier molecular flexibility index (Phi) is 7.58. The normalized spacial score (nSPS) is 11.0. The summed E-state index contributed by atoms with van der Waals surface area (Å²) in [5, 5.41) is 5.42. The third-order valence-electron chi connectivity index (χ3n) is 3.83. The van der Waals surface area contributed by atoms with Crippen LogP contribution in [0.2, 0.25) is 0 Å². The van der Waals surface area contributed by atoms with Gasteiger partial charge >= 0.3 is 0 Å². The van der Waals surface area contributed by atoms with Crippen LogP contribution in [0.1, 0.15) is 21.5 Å². The number of nitrogens with one attached hydrogen (secondary N) is 2. The molecule has 0 aliphatic rings. The molecule has 2 N–H and O–H groups in total. The van der Waals surface area contributed by atoms with Gasteiger partial charge in [0.2, 0.25) is 0 Å². The Labute approximate surface area is 159 Å². The van der Waals surface area contributed by atoms with Gasteiger partial charge in [-0.05, 0) is 42.8 Å². The lowest BCUT2D eigenvalue weighted by atomic mass is 10.1. The van der Waals surface area contributed by atoms with E-state index in [1.165, 1.54) is 0 Å². The molecular weight excluding hydrogens is 344 g/mol. The number of methoxy groups -OCH3 is 2. The molecule has 0 heterocycles. The molecule has 142 valence electrons. The van der Waals surface area contributed by atoms with Crippen LogP contribution in [-0.2, 0) is 9.53 Å². The van der Waals surface area contributed by atoms with Crippen molar-refractivity contribution in [2.24, 2.45) is 0 Å². The fourth-order valence-electron chi connectivity index (χ4n) is 2.29. The van der Waals surface area contributed by atoms with Crippen molar-refractivity contribution in [1.82, 2.24) is 10.6 Å². The summed E-state index contributed by atoms with van der Waals surface area (Å²) >= 11 is 0. The van der Waals surface area contributed by atoms with Crippen LogP contribution in [0, 0.1) is 6.92 Å². The van der Waals surface area contributed by atoms with Gasteiger partial charge in [-0.2, -0.15) is 0 Å². The lowest BCUT2D eigenvalue weighted by Crippen LogP contribution is -2.36. The third kappa shape index (κ3) is 6.27. The zero-order chi connectivity index (χ0) is 19.6. The topological polar surface area (TPSA) is 76.7 Å². The number of rotatable bonds is 8. The van der Waals surface area contributed by atoms with Gasteiger partial charge in [-0.15, -0.1) is 0 Å². The monoisotopic (exact) mass is 368 g/mol. The Morgan fingerprint density at radius 3 is 2.26 bits per heavy atom. The Morgan fingerprint density at radius 2 is 1.67 bits per heavy atom. The number of amides is 2. The molecule has 2 amide bonds. The van der Waals surface area contributed by atoms with Crippen LogP contribution in [0.4, 0.5) is 0 Å². The van der Waals surface area contributed by atoms with Gasteiger partial charge in [0.05, 0.1) is 13.7 Å². The predicted molar refractivity (Wildman–Crippen MR) is 105 cm³/mol. The molecule has 2 aromatic rings. The van der Waals surface area contributed by atoms with E-state index < -0.39 is 0 Å². The lowest BCUT2D eigenvalue weighted by Gasteiger charge is -2.11. The third-order valence-corrected chi connectivity index (χ3v) is 3.83. The van der Waals surface area contributed by atoms with Crippen molar-refractivity contribution in [2.45, 2.75) is 6.92 Å². The van der Waals surface area contributed by atoms with Gasteiger partial charge in [-0.25, -0.2) is 0 Å². The molecule has 0 spiro atoms. The summed E-state index contributed by atoms with van der Waals surface area (Å²) in [4.78, 5) is 25.0. The number of aryl methyl sites for hydroxylation is 1. The molecule has 0 aromatic heterocycles. The molecule has 2 rings (SSSR count). The van der Waals surface area contributed by atoms with Gasteiger partial charge in [-0.3, -0.25) is 9.59 Å². The molecule has 0 radical (unpaired) electrons. The van der Waals surface area contributed by atoms with Crippen LogP contribution in [0.5, 0.6) is 5.75 Å². The first kappa shape index (κ1) is 20.2. The first-order valence-electron chi connectivity index (χ1n) is 8.54. The summed E-state index contributed by atoms with van der Waals surface area (Å²) in [5.41, 5.74) is 2.45. The van der Waals surface area contributed by atoms with E-state index in [0.29, 0.717) is 24.5 Å². The number of hydrogen-bond acceptors (Lipinski definition) is 4. The molecule has 0 bridgehead atoms. The van der Waals surface area contributed by atoms with Crippen LogP contribution in [0.25, 0.3) is 6.08 Å². The number of ether oxygens (including phenoxy) is 2. The van der Waals surface area contributed by atoms with Crippen LogP contribution in [0.3, 0.4) is 0 Å². The highest BCUT2D eigenvalue weighted by atomic mass is 16.5. The van der Waals surface area contributed by atoms with Crippen LogP contribution in [-0.4, -0.2) is 39.2 Å². The molecule has 6 nitrogen and oxygen atoms in total. The van der Waals surface area contributed by atoms with E-state index >= 15 is 0 Å². The smallest absolute Gasteiger partial charge is 0.267 e. The van der Waals surface area contributed by atoms with E-state index in [1.54, 1.807) is 56.7 Å². The summed E-state index contributed by atoms with van der Waals surface area (Å²) in [6, 6.07) is 14.3. The molecule has 27 heavy (non-hydrogen) atoms. The fourth-order valence-corrected chi connectivity index (χ4v) is 2.29. The SMILES string of the molecule is COCCNC(=O)/C(=C/c1ccc(OC)cc1)NC(=O)c1ccc(C)cc1. The second kappa shape index (κ2) is 10.1. The maximum atomic E-state index is 12.5. The van der Waals surface area contributed by atoms with Crippen molar-refractivity contribution in [1.29, 1.82) is 0 Å². The van der Waals surface area contributed by atoms with Crippen molar-refractivity contribution >= 4 is 17.9 Å². The van der Waals surface area contributed by atoms with Crippen LogP contribution in [0.15, 0.2) is 54.2 Å². The molecule has 0 unspecified atom stereocenters. The van der Waals surface area contributed by atoms with Crippen LogP contribution >= 0.6 is 0 Å². The second-order valence-corrected chi connectivity index (χ2v) is 5.90. The molecule has 0 atom stereocenters. The molecule has 0 aliphatic heterocycles. The number of carbonyl (C=O) groups excluding carboxylic acids is 2. The highest BCUT2D eigenvalue weighted by molar-refractivity contribution is 6.05. The fraction of sp³-hybridized carbons (Fsp3) is 0.238. The number of carbonyl (C=O) groups is 2. The van der Waals surface area contributed by atoms with E-state index in [9.17, 15) is 9.59 Å². The minimum Gasteiger partial charge on any atom is -0.497 e. The quantitative estimate of drug-likeness (QED) is 0.555. The summed E-state index contributed by atoms with van der Waals surface area (Å²) in [6.07, 6.45) is 1.62. The summed E-state index contributed by atoms with van der Waals surface area (Å²) in [7, 11) is 3.14. The Hall–Kier alpha value is -3.12. The molecule has 6 heteroatoms. The Bertz CT molecular complexity index is 796. The van der Waals surface area contributed by atoms with Crippen molar-refractivity contribution < 1.29 is 19.1 Å². The van der Waals surface area contributed by atoms with E-state index in [2.05, 4.69) is 10.6 Å². The largest absolute Gasteiger partial charge is 0.497 e. The number of hydrogen-bond donors (Lipinski definition) is 2. The Morgan fingerprint density at radius 1 is 1.00 bits per heavy atom. The van der Waals surface area contributed by atoms with Crippen molar-refractivity contribution in [3.8, 4) is 5.75 Å². The standard InChI is InChI=1S/C21H24N2O4/c1-15-4-8-17(9-5-15)20(24)23-19(21(25)22-12-13-26-2)14-16-6-10-18(27-3)11-7-16/h4-11,14H,12-13H2,1-3H3,(H,22,25)(H,23,24)/b19-14-. The first-order chi connectivity index (χ1) is 13.0. The maximum absolute atomic E-state index is 12.5. The van der Waals surface area contributed by atoms with Gasteiger partial charge < -0.3 is 20.1 Å². The van der Waals surface area contributed by atoms with Gasteiger partial charge in [-0.1, -0.05) is 29.8 Å². The minimum absolute atomic E-state index is 0.154. The highest BCUT2D eigenvalue weighted by Crippen LogP contribution is 2.14. The minimum atomic E-state index is -0.386. The Balaban J connectivity index is 2.22. The molecule has 0 fully saturated rings. The maximum Gasteiger partial charge on any atom is 0.267 e. The predicted octanol–water partition coefficient (Wildman–Crippen LogP) is 2.54. The van der Waals surface area contributed by atoms with E-state index in [4.69, 9.17) is 9.47 Å². The number of benzene rings is 2. The zero-order valence-corrected chi connectivity index (χ0v) is 15.7. The lowest BCUT2D eigenvalue weighted by molar-refractivity contribution is -0.117. The van der Waals surface area contributed by atoms with Gasteiger partial charge in [0.25, 0.3) is 11.8 Å². The van der Waals surface area contributed by atoms with Crippen molar-refractivity contribution in [3.63, 3.8) is 0 Å². The highest BCUT2D eigenvalue weighted by Gasteiger charge is 2.14. The van der Waals surface area contributed by atoms with E-state index in [1.807, 2.05) is 19.1 Å². The molecular formula is C21H24N2O4. The van der Waals surface area contributed by atoms with Gasteiger partial charge in [0, 0.05) is 19.2 Å². The van der Waals surface area contributed by atoms with E-state index in [-0.39, 0.29) is 17.5 Å². The average Bonchev–Trinajstić information content (AvgIpc) is 2.68. The molecule has 2 aromatic carbocycles. The average molecular weight is 368 g/mol. The zero-order valence-electron chi connectivity index (χ0n) is 15.7. The van der Waals surface area contributed by atoms with Crippen molar-refractivity contribution in [3.05, 3.63) is 70.9 Å². The molecule has 0 aliphatic carbocycles. The summed E-state index contributed by atoms with van der Waals surface area (Å²) in [6.45, 7) is 2.67. The molecule has 0 saturated heterocycles. The second-order valence-electron chi connectivity index (χ2n) is 5.90. The summed E-state index contributed by atoms with van der Waals surface area (Å²) < 4.78 is 10.1. The first-order valence-corrected chi connectivity index (χ1v) is 8.54. The van der Waals surface area contributed by atoms with Crippen LogP contribution < -0.4 is 15.4 Å². The molecule has 0 saturated carbocycles.